The summed E-state index contributed by atoms with van der Waals surface area (Å²) in [5.74, 6) is 0.284. The van der Waals surface area contributed by atoms with E-state index in [0.29, 0.717) is 24.7 Å². The third-order valence-electron chi connectivity index (χ3n) is 20.5. The number of ether oxygens (including phenoxy) is 8. The van der Waals surface area contributed by atoms with Crippen LogP contribution in [-0.2, 0) is 76.3 Å². The van der Waals surface area contributed by atoms with Crippen LogP contribution in [0.3, 0.4) is 0 Å². The molecule has 7 rings (SSSR count). The zero-order valence-electron chi connectivity index (χ0n) is 55.5. The smallest absolute Gasteiger partial charge is 0.344 e. The average molecular weight is 1190 g/mol. The minimum absolute atomic E-state index is 0.112. The minimum atomic E-state index is -0.548. The third kappa shape index (κ3) is 22.2. The maximum Gasteiger partial charge on any atom is 0.344 e. The molecular formula is C68H116O16. The van der Waals surface area contributed by atoms with E-state index in [0.717, 1.165) is 121 Å². The highest BCUT2D eigenvalue weighted by Gasteiger charge is 2.57. The van der Waals surface area contributed by atoms with Gasteiger partial charge in [-0.3, -0.25) is 28.8 Å². The third-order valence-corrected chi connectivity index (χ3v) is 20.5. The molecule has 0 atom stereocenters. The molecule has 0 aromatic carbocycles. The molecule has 16 nitrogen and oxygen atoms in total. The molecule has 0 unspecified atom stereocenters. The van der Waals surface area contributed by atoms with Crippen molar-refractivity contribution >= 4 is 47.8 Å². The van der Waals surface area contributed by atoms with Crippen LogP contribution >= 0.6 is 0 Å². The summed E-state index contributed by atoms with van der Waals surface area (Å²) in [5.41, 5.74) is -3.29. The molecule has 0 heterocycles. The van der Waals surface area contributed by atoms with E-state index in [-0.39, 0.29) is 97.5 Å². The number of carbonyl (C=O) groups is 8. The lowest BCUT2D eigenvalue weighted by molar-refractivity contribution is -0.204. The van der Waals surface area contributed by atoms with Crippen LogP contribution in [0.5, 0.6) is 0 Å². The van der Waals surface area contributed by atoms with Gasteiger partial charge in [-0.25, -0.2) is 9.59 Å². The minimum Gasteiger partial charge on any atom is -0.465 e. The number of hydrogen-bond donors (Lipinski definition) is 0. The van der Waals surface area contributed by atoms with Crippen molar-refractivity contribution in [3.8, 4) is 0 Å². The van der Waals surface area contributed by atoms with Crippen molar-refractivity contribution < 1.29 is 76.3 Å². The van der Waals surface area contributed by atoms with Crippen LogP contribution in [-0.4, -0.2) is 96.6 Å². The highest BCUT2D eigenvalue weighted by Crippen LogP contribution is 2.59. The summed E-state index contributed by atoms with van der Waals surface area (Å²) < 4.78 is 43.4. The highest BCUT2D eigenvalue weighted by molar-refractivity contribution is 5.81. The van der Waals surface area contributed by atoms with Crippen molar-refractivity contribution in [2.75, 3.05) is 26.4 Å². The molecule has 7 aliphatic carbocycles. The van der Waals surface area contributed by atoms with Gasteiger partial charge in [-0.2, -0.15) is 0 Å². The van der Waals surface area contributed by atoms with Gasteiger partial charge in [0.2, 0.25) is 0 Å². The monoisotopic (exact) mass is 1190 g/mol. The van der Waals surface area contributed by atoms with Gasteiger partial charge >= 0.3 is 47.8 Å². The molecule has 0 aromatic rings. The normalized spacial score (nSPS) is 23.7. The first-order chi connectivity index (χ1) is 39.3. The Bertz CT molecular complexity index is 2090. The van der Waals surface area contributed by atoms with E-state index in [9.17, 15) is 38.4 Å². The topological polar surface area (TPSA) is 210 Å². The Hall–Kier alpha value is -4.24. The SMILES string of the molecule is CCC(C)(C)C(=O)OCCC(=O)OC1(C)C2CC3CC(C2)CC1C3.CCC1(OC(=O)CCOC(=O)C(C)(C)CC)CCCCC1.CCC1(OC(=O)COC(=O)C(C)(C)CC)CCCC1.CCC1(OC(=O)COC(=O)C(C)(C)CC)CCCCC1. The zero-order chi connectivity index (χ0) is 63.2. The van der Waals surface area contributed by atoms with Gasteiger partial charge in [0.1, 0.15) is 35.6 Å². The lowest BCUT2D eigenvalue weighted by atomic mass is 9.50. The maximum atomic E-state index is 12.3. The summed E-state index contributed by atoms with van der Waals surface area (Å²) in [6, 6.07) is 0. The van der Waals surface area contributed by atoms with Gasteiger partial charge in [0.25, 0.3) is 0 Å². The molecule has 0 N–H and O–H groups in total. The highest BCUT2D eigenvalue weighted by atomic mass is 16.6. The van der Waals surface area contributed by atoms with Crippen LogP contribution < -0.4 is 0 Å². The molecule has 0 amide bonds. The molecule has 7 fully saturated rings. The van der Waals surface area contributed by atoms with Crippen molar-refractivity contribution in [3.05, 3.63) is 0 Å². The summed E-state index contributed by atoms with van der Waals surface area (Å²) in [7, 11) is 0. The Morgan fingerprint density at radius 2 is 0.619 bits per heavy atom. The van der Waals surface area contributed by atoms with Crippen molar-refractivity contribution in [2.24, 2.45) is 45.3 Å². The summed E-state index contributed by atoms with van der Waals surface area (Å²) in [6.45, 7) is 30.4. The predicted molar refractivity (Wildman–Crippen MR) is 323 cm³/mol. The van der Waals surface area contributed by atoms with Crippen molar-refractivity contribution in [3.63, 3.8) is 0 Å². The largest absolute Gasteiger partial charge is 0.465 e. The van der Waals surface area contributed by atoms with Crippen LogP contribution in [0.4, 0.5) is 0 Å². The molecule has 0 aromatic heterocycles. The van der Waals surface area contributed by atoms with E-state index in [1.807, 2.05) is 96.9 Å². The van der Waals surface area contributed by atoms with Crippen molar-refractivity contribution in [1.29, 1.82) is 0 Å². The molecule has 7 aliphatic rings. The fraction of sp³-hybridized carbons (Fsp3) is 0.882. The van der Waals surface area contributed by atoms with E-state index in [1.54, 1.807) is 0 Å². The summed E-state index contributed by atoms with van der Waals surface area (Å²) in [6.07, 6.45) is 26.6. The number of carbonyl (C=O) groups excluding carboxylic acids is 8. The number of rotatable bonds is 25. The Balaban J connectivity index is 0.000000295. The van der Waals surface area contributed by atoms with Gasteiger partial charge < -0.3 is 37.9 Å². The van der Waals surface area contributed by atoms with Crippen LogP contribution in [0.15, 0.2) is 0 Å². The van der Waals surface area contributed by atoms with E-state index in [1.165, 1.54) is 44.9 Å². The molecule has 484 valence electrons. The van der Waals surface area contributed by atoms with Gasteiger partial charge in [0.15, 0.2) is 13.2 Å². The first-order valence-corrected chi connectivity index (χ1v) is 32.9. The van der Waals surface area contributed by atoms with E-state index in [4.69, 9.17) is 37.9 Å². The average Bonchev–Trinajstić information content (AvgIpc) is 2.22. The molecule has 0 aliphatic heterocycles. The molecule has 4 bridgehead atoms. The Morgan fingerprint density at radius 1 is 0.357 bits per heavy atom. The lowest BCUT2D eigenvalue weighted by Gasteiger charge is -2.59. The number of esters is 8. The van der Waals surface area contributed by atoms with Crippen LogP contribution in [0.25, 0.3) is 0 Å². The van der Waals surface area contributed by atoms with E-state index in [2.05, 4.69) is 13.8 Å². The molecule has 0 saturated heterocycles. The second-order valence-corrected chi connectivity index (χ2v) is 28.2. The quantitative estimate of drug-likeness (QED) is 0.0614. The molecule has 16 heteroatoms. The molecular weight excluding hydrogens is 1070 g/mol. The van der Waals surface area contributed by atoms with Gasteiger partial charge in [-0.1, -0.05) is 61.3 Å². The maximum absolute atomic E-state index is 12.3. The molecule has 0 spiro atoms. The fourth-order valence-electron chi connectivity index (χ4n) is 12.5. The Kier molecular flexibility index (Phi) is 29.3. The zero-order valence-corrected chi connectivity index (χ0v) is 55.5. The summed E-state index contributed by atoms with van der Waals surface area (Å²) in [5, 5.41) is 0. The van der Waals surface area contributed by atoms with E-state index < -0.39 is 33.6 Å². The lowest BCUT2D eigenvalue weighted by Crippen LogP contribution is -2.58. The summed E-state index contributed by atoms with van der Waals surface area (Å²) in [4.78, 5) is 95.3. The van der Waals surface area contributed by atoms with Crippen molar-refractivity contribution in [1.82, 2.24) is 0 Å². The van der Waals surface area contributed by atoms with Gasteiger partial charge in [-0.15, -0.1) is 0 Å². The number of hydrogen-bond acceptors (Lipinski definition) is 16. The van der Waals surface area contributed by atoms with Gasteiger partial charge in [0.05, 0.1) is 34.5 Å². The fourth-order valence-corrected chi connectivity index (χ4v) is 12.5. The second-order valence-electron chi connectivity index (χ2n) is 28.2. The van der Waals surface area contributed by atoms with E-state index >= 15 is 0 Å². The van der Waals surface area contributed by atoms with Crippen molar-refractivity contribution in [2.45, 2.75) is 313 Å². The van der Waals surface area contributed by atoms with Gasteiger partial charge in [-0.05, 0) is 240 Å². The second kappa shape index (κ2) is 33.2. The first kappa shape index (κ1) is 74.0. The predicted octanol–water partition coefficient (Wildman–Crippen LogP) is 15.0. The first-order valence-electron chi connectivity index (χ1n) is 32.9. The van der Waals surface area contributed by atoms with Crippen LogP contribution in [0.1, 0.15) is 291 Å². The Labute approximate surface area is 506 Å². The summed E-state index contributed by atoms with van der Waals surface area (Å²) >= 11 is 0. The standard InChI is InChI=1S/C20H32O4.C17H30O4.C16H28O4.C15H26O4/c1-5-19(2,3)18(22)23-7-6-17(21)24-20(4)15-9-13-8-14(11-15)12-16(20)10-13;1-5-16(3,4)15(19)20-13-10-14(18)21-17(6-2)11-8-7-9-12-17;1-5-15(3,4)14(18)19-12-13(17)20-16(6-2)10-8-7-9-11-16;1-5-14(3,4)13(17)18-11-12(16)19-15(6-2)9-7-8-10-15/h13-16H,5-12H2,1-4H3;5-13H2,1-4H3;5-12H2,1-4H3;5-11H2,1-4H3. The van der Waals surface area contributed by atoms with Crippen LogP contribution in [0.2, 0.25) is 0 Å². The molecule has 7 saturated carbocycles. The van der Waals surface area contributed by atoms with Gasteiger partial charge in [0, 0.05) is 0 Å². The molecule has 0 radical (unpaired) electrons. The Morgan fingerprint density at radius 3 is 0.905 bits per heavy atom. The molecule has 84 heavy (non-hydrogen) atoms. The van der Waals surface area contributed by atoms with Crippen LogP contribution in [0, 0.1) is 45.3 Å².